The summed E-state index contributed by atoms with van der Waals surface area (Å²) < 4.78 is 5.90. The Morgan fingerprint density at radius 1 is 1.18 bits per heavy atom. The van der Waals surface area contributed by atoms with Gasteiger partial charge in [0.25, 0.3) is 0 Å². The highest BCUT2D eigenvalue weighted by atomic mass is 35.5. The molecule has 2 heterocycles. The second-order valence-electron chi connectivity index (χ2n) is 5.99. The number of halogens is 1. The SMILES string of the molecule is CCc1cc2c(o1)CN[C@H]1CCc3cc(O)c(O)cc3[C@H]21.Cl. The van der Waals surface area contributed by atoms with Crippen molar-refractivity contribution in [3.05, 3.63) is 46.4 Å². The zero-order chi connectivity index (χ0) is 14.6. The average molecular weight is 322 g/mol. The van der Waals surface area contributed by atoms with Gasteiger partial charge < -0.3 is 19.9 Å². The molecule has 4 rings (SSSR count). The molecule has 0 radical (unpaired) electrons. The molecule has 1 aromatic carbocycles. The topological polar surface area (TPSA) is 65.6 Å². The Morgan fingerprint density at radius 2 is 1.95 bits per heavy atom. The summed E-state index contributed by atoms with van der Waals surface area (Å²) in [5.74, 6) is 2.15. The minimum Gasteiger partial charge on any atom is -0.504 e. The van der Waals surface area contributed by atoms with Gasteiger partial charge in [-0.1, -0.05) is 6.92 Å². The van der Waals surface area contributed by atoms with Crippen molar-refractivity contribution in [3.63, 3.8) is 0 Å². The van der Waals surface area contributed by atoms with Crippen LogP contribution in [0.1, 0.15) is 47.5 Å². The highest BCUT2D eigenvalue weighted by molar-refractivity contribution is 5.85. The summed E-state index contributed by atoms with van der Waals surface area (Å²) in [5.41, 5.74) is 3.47. The van der Waals surface area contributed by atoms with Gasteiger partial charge >= 0.3 is 0 Å². The Morgan fingerprint density at radius 3 is 2.73 bits per heavy atom. The third-order valence-corrected chi connectivity index (χ3v) is 4.80. The highest BCUT2D eigenvalue weighted by Crippen LogP contribution is 2.44. The van der Waals surface area contributed by atoms with E-state index in [0.29, 0.717) is 6.04 Å². The molecule has 2 atom stereocenters. The maximum absolute atomic E-state index is 9.87. The third-order valence-electron chi connectivity index (χ3n) is 4.80. The molecule has 1 aliphatic heterocycles. The zero-order valence-corrected chi connectivity index (χ0v) is 13.2. The predicted molar refractivity (Wildman–Crippen MR) is 85.9 cm³/mol. The standard InChI is InChI=1S/C17H19NO3.ClH/c1-2-10-6-12-16(21-10)8-18-13-4-3-9-5-14(19)15(20)7-11(9)17(12)13;/h5-7,13,17-20H,2-4,8H2,1H3;1H/t13-,17+;/m0./s1. The number of benzene rings is 1. The first kappa shape index (κ1) is 15.3. The Kier molecular flexibility index (Phi) is 3.83. The van der Waals surface area contributed by atoms with Gasteiger partial charge in [-0.2, -0.15) is 0 Å². The molecule has 0 amide bonds. The lowest BCUT2D eigenvalue weighted by Crippen LogP contribution is -2.42. The fourth-order valence-corrected chi connectivity index (χ4v) is 3.74. The summed E-state index contributed by atoms with van der Waals surface area (Å²) in [4.78, 5) is 0. The van der Waals surface area contributed by atoms with E-state index in [0.717, 1.165) is 48.5 Å². The number of furan rings is 1. The Balaban J connectivity index is 0.00000144. The first-order valence-corrected chi connectivity index (χ1v) is 7.57. The molecule has 0 fully saturated rings. The normalized spacial score (nSPS) is 22.2. The van der Waals surface area contributed by atoms with E-state index in [1.54, 1.807) is 12.1 Å². The lowest BCUT2D eigenvalue weighted by molar-refractivity contribution is 0.347. The molecular weight excluding hydrogens is 302 g/mol. The fraction of sp³-hybridized carbons (Fsp3) is 0.412. The van der Waals surface area contributed by atoms with Crippen LogP contribution in [0.15, 0.2) is 22.6 Å². The van der Waals surface area contributed by atoms with Crippen molar-refractivity contribution in [1.29, 1.82) is 0 Å². The van der Waals surface area contributed by atoms with Gasteiger partial charge in [0, 0.05) is 23.9 Å². The molecule has 0 saturated carbocycles. The molecule has 3 N–H and O–H groups in total. The van der Waals surface area contributed by atoms with Crippen LogP contribution < -0.4 is 5.32 Å². The molecule has 0 saturated heterocycles. The number of phenolic OH excluding ortho intramolecular Hbond substituents is 2. The smallest absolute Gasteiger partial charge is 0.157 e. The molecule has 0 bridgehead atoms. The van der Waals surface area contributed by atoms with Crippen molar-refractivity contribution in [2.75, 3.05) is 0 Å². The van der Waals surface area contributed by atoms with E-state index in [-0.39, 0.29) is 29.8 Å². The molecular formula is C17H20ClNO3. The summed E-state index contributed by atoms with van der Waals surface area (Å²) >= 11 is 0. The Hall–Kier alpha value is -1.65. The van der Waals surface area contributed by atoms with E-state index >= 15 is 0 Å². The van der Waals surface area contributed by atoms with Crippen molar-refractivity contribution < 1.29 is 14.6 Å². The largest absolute Gasteiger partial charge is 0.504 e. The molecule has 1 aliphatic carbocycles. The molecule has 0 unspecified atom stereocenters. The molecule has 4 nitrogen and oxygen atoms in total. The molecule has 2 aliphatic rings. The molecule has 5 heteroatoms. The van der Waals surface area contributed by atoms with E-state index in [1.807, 2.05) is 0 Å². The molecule has 118 valence electrons. The summed E-state index contributed by atoms with van der Waals surface area (Å²) in [6.07, 6.45) is 2.84. The van der Waals surface area contributed by atoms with Crippen LogP contribution in [0.25, 0.3) is 0 Å². The van der Waals surface area contributed by atoms with Gasteiger partial charge in [0.1, 0.15) is 11.5 Å². The molecule has 0 spiro atoms. The average Bonchev–Trinajstić information content (AvgIpc) is 2.91. The van der Waals surface area contributed by atoms with E-state index in [9.17, 15) is 10.2 Å². The van der Waals surface area contributed by atoms with Crippen LogP contribution in [0.4, 0.5) is 0 Å². The number of nitrogens with one attached hydrogen (secondary N) is 1. The van der Waals surface area contributed by atoms with Gasteiger partial charge in [-0.25, -0.2) is 0 Å². The van der Waals surface area contributed by atoms with E-state index in [4.69, 9.17) is 4.42 Å². The minimum atomic E-state index is -0.0410. The van der Waals surface area contributed by atoms with Gasteiger partial charge in [0.15, 0.2) is 11.5 Å². The van der Waals surface area contributed by atoms with Crippen molar-refractivity contribution in [2.45, 2.75) is 44.7 Å². The minimum absolute atomic E-state index is 0. The molecule has 22 heavy (non-hydrogen) atoms. The maximum atomic E-state index is 9.87. The van der Waals surface area contributed by atoms with Crippen LogP contribution in [-0.4, -0.2) is 16.3 Å². The summed E-state index contributed by atoms with van der Waals surface area (Å²) in [7, 11) is 0. The monoisotopic (exact) mass is 321 g/mol. The third kappa shape index (κ3) is 2.18. The maximum Gasteiger partial charge on any atom is 0.157 e. The number of fused-ring (bicyclic) bond motifs is 5. The van der Waals surface area contributed by atoms with Crippen LogP contribution in [0.2, 0.25) is 0 Å². The van der Waals surface area contributed by atoms with Crippen molar-refractivity contribution in [3.8, 4) is 11.5 Å². The summed E-state index contributed by atoms with van der Waals surface area (Å²) in [6.45, 7) is 2.86. The Labute approximate surface area is 135 Å². The summed E-state index contributed by atoms with van der Waals surface area (Å²) in [5, 5.41) is 23.1. The lowest BCUT2D eigenvalue weighted by Gasteiger charge is -2.37. The van der Waals surface area contributed by atoms with Crippen molar-refractivity contribution in [2.24, 2.45) is 0 Å². The number of rotatable bonds is 1. The van der Waals surface area contributed by atoms with Gasteiger partial charge in [-0.05, 0) is 42.2 Å². The number of aromatic hydroxyl groups is 2. The van der Waals surface area contributed by atoms with Crippen LogP contribution >= 0.6 is 12.4 Å². The number of phenols is 2. The highest BCUT2D eigenvalue weighted by Gasteiger charge is 2.37. The fourth-order valence-electron chi connectivity index (χ4n) is 3.74. The van der Waals surface area contributed by atoms with Crippen LogP contribution in [0.5, 0.6) is 11.5 Å². The van der Waals surface area contributed by atoms with Gasteiger partial charge in [-0.15, -0.1) is 12.4 Å². The van der Waals surface area contributed by atoms with Crippen LogP contribution in [0, 0.1) is 0 Å². The Bertz CT molecular complexity index is 710. The van der Waals surface area contributed by atoms with Gasteiger partial charge in [0.2, 0.25) is 0 Å². The van der Waals surface area contributed by atoms with E-state index in [1.165, 1.54) is 5.56 Å². The molecule has 2 aromatic rings. The second kappa shape index (κ2) is 5.52. The predicted octanol–water partition coefficient (Wildman–Crippen LogP) is 3.22. The van der Waals surface area contributed by atoms with Gasteiger partial charge in [0.05, 0.1) is 6.54 Å². The number of hydrogen-bond acceptors (Lipinski definition) is 4. The van der Waals surface area contributed by atoms with Crippen molar-refractivity contribution >= 4 is 12.4 Å². The summed E-state index contributed by atoms with van der Waals surface area (Å²) in [6, 6.07) is 5.95. The second-order valence-corrected chi connectivity index (χ2v) is 5.99. The van der Waals surface area contributed by atoms with Crippen LogP contribution in [0.3, 0.4) is 0 Å². The quantitative estimate of drug-likeness (QED) is 0.706. The first-order valence-electron chi connectivity index (χ1n) is 7.57. The van der Waals surface area contributed by atoms with E-state index in [2.05, 4.69) is 18.3 Å². The zero-order valence-electron chi connectivity index (χ0n) is 12.4. The number of aryl methyl sites for hydroxylation is 2. The lowest BCUT2D eigenvalue weighted by atomic mass is 9.74. The van der Waals surface area contributed by atoms with E-state index < -0.39 is 0 Å². The molecule has 1 aromatic heterocycles. The van der Waals surface area contributed by atoms with Crippen molar-refractivity contribution in [1.82, 2.24) is 5.32 Å². The first-order chi connectivity index (χ1) is 10.2. The number of hydrogen-bond donors (Lipinski definition) is 3. The van der Waals surface area contributed by atoms with Gasteiger partial charge in [-0.3, -0.25) is 0 Å². The van der Waals surface area contributed by atoms with Crippen LogP contribution in [-0.2, 0) is 19.4 Å².